The summed E-state index contributed by atoms with van der Waals surface area (Å²) < 4.78 is 27.2. The first-order valence-corrected chi connectivity index (χ1v) is 10.1. The number of carbonyl (C=O) groups excluding carboxylic acids is 1. The molecule has 0 unspecified atom stereocenters. The molecular formula is C16H24N4O4S. The molecule has 2 aliphatic rings. The Balaban J connectivity index is 1.73. The quantitative estimate of drug-likeness (QED) is 0.833. The van der Waals surface area contributed by atoms with Gasteiger partial charge in [0.15, 0.2) is 0 Å². The van der Waals surface area contributed by atoms with E-state index in [2.05, 4.69) is 5.32 Å². The smallest absolute Gasteiger partial charge is 0.322 e. The average molecular weight is 368 g/mol. The molecule has 1 aromatic rings. The van der Waals surface area contributed by atoms with Crippen LogP contribution >= 0.6 is 0 Å². The van der Waals surface area contributed by atoms with Crippen LogP contribution < -0.4 is 10.9 Å². The van der Waals surface area contributed by atoms with Crippen LogP contribution in [-0.2, 0) is 17.1 Å². The summed E-state index contributed by atoms with van der Waals surface area (Å²) in [5.74, 6) is 0.189. The Labute approximate surface area is 147 Å². The van der Waals surface area contributed by atoms with E-state index in [1.165, 1.54) is 4.57 Å². The highest BCUT2D eigenvalue weighted by Crippen LogP contribution is 2.24. The number of anilines is 1. The van der Waals surface area contributed by atoms with Gasteiger partial charge in [0.05, 0.1) is 5.75 Å². The van der Waals surface area contributed by atoms with Gasteiger partial charge in [0.1, 0.15) is 5.69 Å². The number of piperidine rings is 1. The number of aryl methyl sites for hydroxylation is 2. The first-order chi connectivity index (χ1) is 11.8. The van der Waals surface area contributed by atoms with E-state index in [1.54, 1.807) is 35.4 Å². The number of urea groups is 1. The van der Waals surface area contributed by atoms with Gasteiger partial charge in [-0.3, -0.25) is 4.79 Å². The van der Waals surface area contributed by atoms with Gasteiger partial charge < -0.3 is 14.8 Å². The lowest BCUT2D eigenvalue weighted by molar-refractivity contribution is 0.163. The third-order valence-electron chi connectivity index (χ3n) is 4.94. The minimum absolute atomic E-state index is 0.174. The topological polar surface area (TPSA) is 91.7 Å². The molecule has 1 aromatic heterocycles. The lowest BCUT2D eigenvalue weighted by Crippen LogP contribution is -2.51. The maximum absolute atomic E-state index is 12.6. The number of carbonyl (C=O) groups is 1. The second-order valence-corrected chi connectivity index (χ2v) is 8.78. The van der Waals surface area contributed by atoms with Crippen molar-refractivity contribution in [3.05, 3.63) is 28.2 Å². The summed E-state index contributed by atoms with van der Waals surface area (Å²) in [7, 11) is -1.56. The molecule has 25 heavy (non-hydrogen) atoms. The second-order valence-electron chi connectivity index (χ2n) is 6.74. The summed E-state index contributed by atoms with van der Waals surface area (Å²) in [6.07, 6.45) is 3.80. The summed E-state index contributed by atoms with van der Waals surface area (Å²) in [4.78, 5) is 26.4. The fourth-order valence-corrected chi connectivity index (χ4v) is 5.26. The van der Waals surface area contributed by atoms with Gasteiger partial charge in [-0.25, -0.2) is 13.2 Å². The highest BCUT2D eigenvalue weighted by Gasteiger charge is 2.37. The Bertz CT molecular complexity index is 833. The van der Waals surface area contributed by atoms with E-state index in [0.717, 1.165) is 12.8 Å². The van der Waals surface area contributed by atoms with Crippen molar-refractivity contribution < 1.29 is 13.2 Å². The monoisotopic (exact) mass is 368 g/mol. The third kappa shape index (κ3) is 3.57. The van der Waals surface area contributed by atoms with Crippen LogP contribution in [0.5, 0.6) is 0 Å². The van der Waals surface area contributed by atoms with Gasteiger partial charge >= 0.3 is 6.03 Å². The Kier molecular flexibility index (Phi) is 4.88. The van der Waals surface area contributed by atoms with Crippen LogP contribution in [0.4, 0.5) is 10.5 Å². The number of aromatic nitrogens is 1. The number of hydrogen-bond acceptors (Lipinski definition) is 4. The molecule has 1 atom stereocenters. The van der Waals surface area contributed by atoms with E-state index in [4.69, 9.17) is 0 Å². The fourth-order valence-electron chi connectivity index (χ4n) is 3.50. The highest BCUT2D eigenvalue weighted by molar-refractivity contribution is 7.89. The van der Waals surface area contributed by atoms with Gasteiger partial charge in [0, 0.05) is 38.9 Å². The van der Waals surface area contributed by atoms with Crippen molar-refractivity contribution in [2.24, 2.45) is 7.05 Å². The van der Waals surface area contributed by atoms with Crippen LogP contribution in [0.3, 0.4) is 0 Å². The molecule has 9 heteroatoms. The van der Waals surface area contributed by atoms with Gasteiger partial charge in [-0.2, -0.15) is 4.31 Å². The van der Waals surface area contributed by atoms with Crippen molar-refractivity contribution in [3.8, 4) is 0 Å². The lowest BCUT2D eigenvalue weighted by Gasteiger charge is -2.36. The van der Waals surface area contributed by atoms with Gasteiger partial charge in [0.25, 0.3) is 5.56 Å². The van der Waals surface area contributed by atoms with Crippen molar-refractivity contribution in [2.75, 3.05) is 30.7 Å². The number of sulfonamides is 1. The molecular weight excluding hydrogens is 344 g/mol. The zero-order chi connectivity index (χ0) is 18.2. The predicted octanol–water partition coefficient (Wildman–Crippen LogP) is 0.726. The van der Waals surface area contributed by atoms with Crippen molar-refractivity contribution in [3.63, 3.8) is 0 Å². The van der Waals surface area contributed by atoms with Crippen LogP contribution in [0, 0.1) is 6.92 Å². The Morgan fingerprint density at radius 2 is 2.04 bits per heavy atom. The summed E-state index contributed by atoms with van der Waals surface area (Å²) in [5, 5.41) is 2.71. The number of nitrogens with one attached hydrogen (secondary N) is 1. The molecule has 3 heterocycles. The second kappa shape index (κ2) is 6.80. The summed E-state index contributed by atoms with van der Waals surface area (Å²) in [6.45, 7) is 3.22. The molecule has 2 aliphatic heterocycles. The number of hydrogen-bond donors (Lipinski definition) is 1. The summed E-state index contributed by atoms with van der Waals surface area (Å²) in [5.41, 5.74) is 0.710. The zero-order valence-corrected chi connectivity index (χ0v) is 15.4. The minimum atomic E-state index is -3.19. The molecule has 0 aromatic carbocycles. The molecule has 2 fully saturated rings. The first-order valence-electron chi connectivity index (χ1n) is 8.51. The highest BCUT2D eigenvalue weighted by atomic mass is 32.2. The number of amides is 2. The van der Waals surface area contributed by atoms with Crippen LogP contribution in [0.25, 0.3) is 0 Å². The molecule has 3 rings (SSSR count). The Morgan fingerprint density at radius 3 is 2.72 bits per heavy atom. The molecule has 2 saturated heterocycles. The van der Waals surface area contributed by atoms with Crippen LogP contribution in [0.2, 0.25) is 0 Å². The van der Waals surface area contributed by atoms with Gasteiger partial charge in [0.2, 0.25) is 10.0 Å². The first kappa shape index (κ1) is 17.9. The average Bonchev–Trinajstić information content (AvgIpc) is 2.94. The van der Waals surface area contributed by atoms with E-state index in [0.29, 0.717) is 31.6 Å². The largest absolute Gasteiger partial charge is 0.323 e. The van der Waals surface area contributed by atoms with E-state index < -0.39 is 10.0 Å². The van der Waals surface area contributed by atoms with Gasteiger partial charge in [-0.15, -0.1) is 0 Å². The maximum Gasteiger partial charge on any atom is 0.322 e. The van der Waals surface area contributed by atoms with Crippen molar-refractivity contribution in [1.29, 1.82) is 0 Å². The number of pyridine rings is 1. The van der Waals surface area contributed by atoms with Crippen LogP contribution in [-0.4, -0.2) is 59.7 Å². The lowest BCUT2D eigenvalue weighted by atomic mass is 10.1. The SMILES string of the molecule is Cc1ccn(C)c(=O)c1NC(=O)N1CCC[C@@H](N2CCCS2(=O)=O)C1. The molecule has 0 spiro atoms. The Hall–Kier alpha value is -1.87. The number of likely N-dealkylation sites (tertiary alicyclic amines) is 1. The molecule has 1 N–H and O–H groups in total. The molecule has 0 bridgehead atoms. The molecule has 2 amide bonds. The standard InChI is InChI=1S/C16H24N4O4S/c1-12-6-9-18(2)15(21)14(12)17-16(22)19-7-3-5-13(11-19)20-8-4-10-25(20,23)24/h6,9,13H,3-5,7-8,10-11H2,1-2H3,(H,17,22)/t13-/m1/s1. The van der Waals surface area contributed by atoms with Crippen molar-refractivity contribution in [2.45, 2.75) is 32.2 Å². The van der Waals surface area contributed by atoms with E-state index in [1.807, 2.05) is 0 Å². The van der Waals surface area contributed by atoms with Crippen molar-refractivity contribution in [1.82, 2.24) is 13.8 Å². The van der Waals surface area contributed by atoms with Gasteiger partial charge in [-0.05, 0) is 37.8 Å². The molecule has 0 saturated carbocycles. The molecule has 0 radical (unpaired) electrons. The third-order valence-corrected chi connectivity index (χ3v) is 6.94. The maximum atomic E-state index is 12.6. The Morgan fingerprint density at radius 1 is 1.28 bits per heavy atom. The zero-order valence-electron chi connectivity index (χ0n) is 14.6. The van der Waals surface area contributed by atoms with Crippen LogP contribution in [0.15, 0.2) is 17.1 Å². The molecule has 138 valence electrons. The van der Waals surface area contributed by atoms with E-state index in [-0.39, 0.29) is 29.1 Å². The normalized spacial score (nSPS) is 23.6. The molecule has 8 nitrogen and oxygen atoms in total. The predicted molar refractivity (Wildman–Crippen MR) is 95.1 cm³/mol. The summed E-state index contributed by atoms with van der Waals surface area (Å²) >= 11 is 0. The number of rotatable bonds is 2. The fraction of sp³-hybridized carbons (Fsp3) is 0.625. The summed E-state index contributed by atoms with van der Waals surface area (Å²) in [6, 6.07) is 1.24. The van der Waals surface area contributed by atoms with Crippen LogP contribution in [0.1, 0.15) is 24.8 Å². The number of nitrogens with zero attached hydrogens (tertiary/aromatic N) is 3. The minimum Gasteiger partial charge on any atom is -0.323 e. The van der Waals surface area contributed by atoms with Crippen molar-refractivity contribution >= 4 is 21.7 Å². The van der Waals surface area contributed by atoms with Gasteiger partial charge in [-0.1, -0.05) is 0 Å². The van der Waals surface area contributed by atoms with E-state index >= 15 is 0 Å². The molecule has 0 aliphatic carbocycles. The van der Waals surface area contributed by atoms with E-state index in [9.17, 15) is 18.0 Å².